The molecule has 1 heterocycles. The minimum absolute atomic E-state index is 0.0909. The Kier molecular flexibility index (Phi) is 47.5. The second-order valence-corrected chi connectivity index (χ2v) is 5.82. The molecule has 0 spiro atoms. The van der Waals surface area contributed by atoms with E-state index in [4.69, 9.17) is 4.74 Å². The third-order valence-electron chi connectivity index (χ3n) is 3.94. The highest BCUT2D eigenvalue weighted by molar-refractivity contribution is 5.40. The average molecular weight is 464 g/mol. The van der Waals surface area contributed by atoms with Gasteiger partial charge >= 0.3 is 0 Å². The fourth-order valence-corrected chi connectivity index (χ4v) is 2.78. The molecule has 2 heteroatoms. The summed E-state index contributed by atoms with van der Waals surface area (Å²) in [5.41, 5.74) is 2.24. The molecule has 1 fully saturated rings. The summed E-state index contributed by atoms with van der Waals surface area (Å²) in [6.45, 7) is 33.9. The molecule has 1 rings (SSSR count). The molecule has 0 N–H and O–H groups in total. The summed E-state index contributed by atoms with van der Waals surface area (Å²) in [7, 11) is 2.17. The number of rotatable bonds is 8. The van der Waals surface area contributed by atoms with Crippen LogP contribution in [0.2, 0.25) is 0 Å². The molecule has 1 saturated heterocycles. The maximum absolute atomic E-state index is 6.51. The fourth-order valence-electron chi connectivity index (χ4n) is 2.78. The summed E-state index contributed by atoms with van der Waals surface area (Å²) in [6.07, 6.45) is 18.3. The van der Waals surface area contributed by atoms with Crippen LogP contribution in [0.3, 0.4) is 0 Å². The average Bonchev–Trinajstić information content (AvgIpc) is 2.89. The molecule has 0 aromatic carbocycles. The fraction of sp³-hybridized carbons (Fsp3) is 0.613. The Balaban J connectivity index is -0.000000230. The van der Waals surface area contributed by atoms with Crippen molar-refractivity contribution in [3.05, 3.63) is 72.9 Å². The maximum atomic E-state index is 6.51. The first kappa shape index (κ1) is 41.6. The zero-order valence-electron chi connectivity index (χ0n) is 24.9. The smallest absolute Gasteiger partial charge is 0.108 e. The van der Waals surface area contributed by atoms with Gasteiger partial charge < -0.3 is 9.64 Å². The van der Waals surface area contributed by atoms with E-state index in [0.717, 1.165) is 37.1 Å². The highest BCUT2D eigenvalue weighted by Crippen LogP contribution is 2.25. The summed E-state index contributed by atoms with van der Waals surface area (Å²) >= 11 is 0. The van der Waals surface area contributed by atoms with Gasteiger partial charge in [0.15, 0.2) is 0 Å². The van der Waals surface area contributed by atoms with Crippen molar-refractivity contribution in [3.8, 4) is 0 Å². The highest BCUT2D eigenvalue weighted by atomic mass is 16.5. The lowest BCUT2D eigenvalue weighted by molar-refractivity contribution is -0.00674. The van der Waals surface area contributed by atoms with Crippen LogP contribution in [0.4, 0.5) is 0 Å². The summed E-state index contributed by atoms with van der Waals surface area (Å²) in [5.74, 6) is 0. The van der Waals surface area contributed by atoms with Gasteiger partial charge in [-0.05, 0) is 44.9 Å². The summed E-state index contributed by atoms with van der Waals surface area (Å²) in [6, 6.07) is 0. The molecule has 0 amide bonds. The number of allylic oxidation sites excluding steroid dienone is 6. The molecule has 0 aromatic rings. The van der Waals surface area contributed by atoms with Crippen LogP contribution in [-0.2, 0) is 4.74 Å². The van der Waals surface area contributed by atoms with E-state index in [1.807, 2.05) is 120 Å². The number of piperidine rings is 1. The normalized spacial score (nSPS) is 15.1. The number of ether oxygens (including phenoxy) is 1. The molecule has 0 aromatic heterocycles. The van der Waals surface area contributed by atoms with Gasteiger partial charge in [0, 0.05) is 13.1 Å². The van der Waals surface area contributed by atoms with Crippen LogP contribution in [0, 0.1) is 0 Å². The van der Waals surface area contributed by atoms with Gasteiger partial charge in [-0.15, -0.1) is 0 Å². The van der Waals surface area contributed by atoms with Gasteiger partial charge in [-0.1, -0.05) is 131 Å². The van der Waals surface area contributed by atoms with Crippen molar-refractivity contribution < 1.29 is 4.74 Å². The molecule has 196 valence electrons. The van der Waals surface area contributed by atoms with Crippen LogP contribution in [0.1, 0.15) is 95.9 Å². The Morgan fingerprint density at radius 3 is 1.33 bits per heavy atom. The van der Waals surface area contributed by atoms with Gasteiger partial charge in [-0.3, -0.25) is 0 Å². The zero-order chi connectivity index (χ0) is 27.1. The summed E-state index contributed by atoms with van der Waals surface area (Å²) in [5, 5.41) is 0. The second-order valence-electron chi connectivity index (χ2n) is 5.82. The molecule has 1 aliphatic heterocycles. The van der Waals surface area contributed by atoms with Crippen molar-refractivity contribution in [2.24, 2.45) is 0 Å². The summed E-state index contributed by atoms with van der Waals surface area (Å²) in [4.78, 5) is 2.35. The van der Waals surface area contributed by atoms with Gasteiger partial charge in [0.2, 0.25) is 0 Å². The largest absolute Gasteiger partial charge is 0.365 e. The molecule has 0 radical (unpaired) electrons. The third-order valence-corrected chi connectivity index (χ3v) is 3.94. The maximum Gasteiger partial charge on any atom is 0.108 e. The SMILES string of the molecule is C=C/C=C(\C=C/C)C(OC1CCN(C)CC1)C(/C=C\C)=C/C=C.CC.CC.CC.CC.CC. The van der Waals surface area contributed by atoms with E-state index in [9.17, 15) is 0 Å². The minimum atomic E-state index is -0.0909. The van der Waals surface area contributed by atoms with Crippen molar-refractivity contribution >= 4 is 0 Å². The summed E-state index contributed by atoms with van der Waals surface area (Å²) < 4.78 is 6.51. The number of nitrogens with zero attached hydrogens (tertiary/aromatic N) is 1. The van der Waals surface area contributed by atoms with E-state index in [2.05, 4.69) is 37.3 Å². The second kappa shape index (κ2) is 37.7. The van der Waals surface area contributed by atoms with Crippen LogP contribution >= 0.6 is 0 Å². The number of hydrogen-bond donors (Lipinski definition) is 0. The van der Waals surface area contributed by atoms with Gasteiger partial charge in [-0.25, -0.2) is 0 Å². The first-order valence-corrected chi connectivity index (χ1v) is 13.4. The van der Waals surface area contributed by atoms with Crippen LogP contribution < -0.4 is 0 Å². The molecule has 1 aliphatic rings. The van der Waals surface area contributed by atoms with Crippen LogP contribution in [-0.4, -0.2) is 37.2 Å². The number of likely N-dealkylation sites (tertiary alicyclic amines) is 1. The van der Waals surface area contributed by atoms with E-state index < -0.39 is 0 Å². The molecule has 0 bridgehead atoms. The number of hydrogen-bond acceptors (Lipinski definition) is 2. The Bertz CT molecular complexity index is 455. The highest BCUT2D eigenvalue weighted by Gasteiger charge is 2.24. The molecule has 0 atom stereocenters. The molecule has 0 aliphatic carbocycles. The predicted octanol–water partition coefficient (Wildman–Crippen LogP) is 9.97. The monoisotopic (exact) mass is 463 g/mol. The van der Waals surface area contributed by atoms with Gasteiger partial charge in [0.05, 0.1) is 6.10 Å². The lowest BCUT2D eigenvalue weighted by atomic mass is 9.98. The third kappa shape index (κ3) is 23.3. The first-order chi connectivity index (χ1) is 16.2. The molecule has 2 nitrogen and oxygen atoms in total. The van der Waals surface area contributed by atoms with E-state index in [-0.39, 0.29) is 12.2 Å². The quantitative estimate of drug-likeness (QED) is 0.332. The predicted molar refractivity (Wildman–Crippen MR) is 158 cm³/mol. The Labute approximate surface area is 210 Å². The standard InChI is InChI=1S/C21H31NO.5C2H6/c1-6-10-18(11-7-2)21(19(12-8-3)13-9-4)23-20-14-16-22(5)17-15-20;5*1-2/h6-13,20-21H,1,3,14-17H2,2,4-5H3;5*1-2H3/b11-7-,13-9-,18-10+,19-12+;;;;;. The molecular weight excluding hydrogens is 402 g/mol. The topological polar surface area (TPSA) is 12.5 Å². The van der Waals surface area contributed by atoms with Gasteiger partial charge in [0.1, 0.15) is 6.10 Å². The molecular formula is C31H61NO. The minimum Gasteiger partial charge on any atom is -0.365 e. The van der Waals surface area contributed by atoms with Crippen LogP contribution in [0.15, 0.2) is 72.9 Å². The van der Waals surface area contributed by atoms with Crippen molar-refractivity contribution in [1.82, 2.24) is 4.90 Å². The van der Waals surface area contributed by atoms with Crippen molar-refractivity contribution in [2.75, 3.05) is 20.1 Å². The van der Waals surface area contributed by atoms with E-state index in [0.29, 0.717) is 0 Å². The Hall–Kier alpha value is -1.64. The molecule has 0 saturated carbocycles. The zero-order valence-corrected chi connectivity index (χ0v) is 24.9. The lowest BCUT2D eigenvalue weighted by Crippen LogP contribution is -2.36. The van der Waals surface area contributed by atoms with Crippen molar-refractivity contribution in [3.63, 3.8) is 0 Å². The van der Waals surface area contributed by atoms with Crippen molar-refractivity contribution in [2.45, 2.75) is 108 Å². The van der Waals surface area contributed by atoms with Crippen LogP contribution in [0.25, 0.3) is 0 Å². The van der Waals surface area contributed by atoms with E-state index in [1.54, 1.807) is 0 Å². The van der Waals surface area contributed by atoms with Gasteiger partial charge in [0.25, 0.3) is 0 Å². The van der Waals surface area contributed by atoms with Crippen LogP contribution in [0.5, 0.6) is 0 Å². The Morgan fingerprint density at radius 1 is 0.727 bits per heavy atom. The lowest BCUT2D eigenvalue weighted by Gasteiger charge is -2.33. The molecule has 33 heavy (non-hydrogen) atoms. The van der Waals surface area contributed by atoms with Gasteiger partial charge in [-0.2, -0.15) is 0 Å². The van der Waals surface area contributed by atoms with E-state index >= 15 is 0 Å². The van der Waals surface area contributed by atoms with Crippen molar-refractivity contribution in [1.29, 1.82) is 0 Å². The Morgan fingerprint density at radius 2 is 1.06 bits per heavy atom. The molecule has 0 unspecified atom stereocenters. The van der Waals surface area contributed by atoms with E-state index in [1.165, 1.54) is 0 Å². The first-order valence-electron chi connectivity index (χ1n) is 13.4.